The Labute approximate surface area is 117 Å². The lowest BCUT2D eigenvalue weighted by molar-refractivity contribution is 0.123. The molecule has 104 valence electrons. The third kappa shape index (κ3) is 3.27. The Morgan fingerprint density at radius 2 is 2.20 bits per heavy atom. The predicted octanol–water partition coefficient (Wildman–Crippen LogP) is 0.962. The van der Waals surface area contributed by atoms with E-state index in [1.54, 1.807) is 31.1 Å². The Morgan fingerprint density at radius 1 is 1.20 bits per heavy atom. The summed E-state index contributed by atoms with van der Waals surface area (Å²) in [5.74, 6) is 1.31. The van der Waals surface area contributed by atoms with Gasteiger partial charge in [-0.05, 0) is 12.5 Å². The standard InChI is InChI=1S/C14H17N5O/c1-2-16-11-18-13(1)7-12-9-19(5-6-20-10-12)14-8-15-3-4-17-14/h1-4,8,11-12H,5-7,9-10H2. The minimum atomic E-state index is 0.398. The van der Waals surface area contributed by atoms with E-state index in [9.17, 15) is 0 Å². The molecule has 2 aromatic heterocycles. The van der Waals surface area contributed by atoms with Crippen molar-refractivity contribution in [3.8, 4) is 0 Å². The van der Waals surface area contributed by atoms with Crippen LogP contribution in [-0.2, 0) is 11.2 Å². The Hall–Kier alpha value is -2.08. The largest absolute Gasteiger partial charge is 0.379 e. The minimum Gasteiger partial charge on any atom is -0.379 e. The van der Waals surface area contributed by atoms with Crippen molar-refractivity contribution in [1.82, 2.24) is 19.9 Å². The van der Waals surface area contributed by atoms with Crippen LogP contribution >= 0.6 is 0 Å². The summed E-state index contributed by atoms with van der Waals surface area (Å²) in [5, 5.41) is 0. The molecule has 0 N–H and O–H groups in total. The Balaban J connectivity index is 1.69. The zero-order valence-electron chi connectivity index (χ0n) is 11.2. The highest BCUT2D eigenvalue weighted by atomic mass is 16.5. The van der Waals surface area contributed by atoms with Crippen LogP contribution in [-0.4, -0.2) is 46.2 Å². The van der Waals surface area contributed by atoms with Crippen molar-refractivity contribution in [3.63, 3.8) is 0 Å². The van der Waals surface area contributed by atoms with Crippen LogP contribution in [0.3, 0.4) is 0 Å². The Kier molecular flexibility index (Phi) is 4.13. The molecule has 6 heteroatoms. The summed E-state index contributed by atoms with van der Waals surface area (Å²) in [6.45, 7) is 3.22. The van der Waals surface area contributed by atoms with Crippen molar-refractivity contribution >= 4 is 5.82 Å². The lowest BCUT2D eigenvalue weighted by Crippen LogP contribution is -2.31. The average molecular weight is 271 g/mol. The van der Waals surface area contributed by atoms with Crippen molar-refractivity contribution in [2.45, 2.75) is 6.42 Å². The first-order valence-electron chi connectivity index (χ1n) is 6.75. The van der Waals surface area contributed by atoms with E-state index in [0.717, 1.165) is 44.2 Å². The second-order valence-corrected chi connectivity index (χ2v) is 4.86. The second kappa shape index (κ2) is 6.38. The Morgan fingerprint density at radius 3 is 3.00 bits per heavy atom. The number of aromatic nitrogens is 4. The van der Waals surface area contributed by atoms with Gasteiger partial charge < -0.3 is 9.64 Å². The molecule has 1 atom stereocenters. The van der Waals surface area contributed by atoms with E-state index >= 15 is 0 Å². The lowest BCUT2D eigenvalue weighted by atomic mass is 10.0. The molecule has 2 aromatic rings. The molecule has 1 unspecified atom stereocenters. The molecule has 0 radical (unpaired) electrons. The van der Waals surface area contributed by atoms with Crippen molar-refractivity contribution in [1.29, 1.82) is 0 Å². The monoisotopic (exact) mass is 271 g/mol. The van der Waals surface area contributed by atoms with Gasteiger partial charge in [0.1, 0.15) is 12.1 Å². The molecule has 0 spiro atoms. The number of anilines is 1. The molecular formula is C14H17N5O. The molecule has 1 saturated heterocycles. The predicted molar refractivity (Wildman–Crippen MR) is 74.3 cm³/mol. The van der Waals surface area contributed by atoms with Crippen LogP contribution in [0.5, 0.6) is 0 Å². The van der Waals surface area contributed by atoms with Crippen LogP contribution in [0.4, 0.5) is 5.82 Å². The number of rotatable bonds is 3. The highest BCUT2D eigenvalue weighted by molar-refractivity contribution is 5.35. The number of ether oxygens (including phenoxy) is 1. The topological polar surface area (TPSA) is 64.0 Å². The SMILES string of the molecule is c1cc(CC2COCCN(c3cnccn3)C2)ncn1. The lowest BCUT2D eigenvalue weighted by Gasteiger charge is -2.23. The molecule has 0 amide bonds. The molecule has 0 saturated carbocycles. The zero-order valence-corrected chi connectivity index (χ0v) is 11.2. The normalized spacial score (nSPS) is 19.6. The third-order valence-corrected chi connectivity index (χ3v) is 3.35. The van der Waals surface area contributed by atoms with Crippen LogP contribution < -0.4 is 4.90 Å². The third-order valence-electron chi connectivity index (χ3n) is 3.35. The van der Waals surface area contributed by atoms with Crippen LogP contribution in [0.25, 0.3) is 0 Å². The molecule has 3 rings (SSSR count). The minimum absolute atomic E-state index is 0.398. The molecule has 0 aliphatic carbocycles. The van der Waals surface area contributed by atoms with Gasteiger partial charge in [0.15, 0.2) is 0 Å². The molecule has 1 aliphatic rings. The highest BCUT2D eigenvalue weighted by Gasteiger charge is 2.20. The smallest absolute Gasteiger partial charge is 0.147 e. The number of hydrogen-bond donors (Lipinski definition) is 0. The van der Waals surface area contributed by atoms with Crippen molar-refractivity contribution in [3.05, 3.63) is 42.9 Å². The number of hydrogen-bond acceptors (Lipinski definition) is 6. The summed E-state index contributed by atoms with van der Waals surface area (Å²) in [4.78, 5) is 19.0. The number of nitrogens with zero attached hydrogens (tertiary/aromatic N) is 5. The first-order chi connectivity index (χ1) is 9.92. The molecule has 0 aromatic carbocycles. The average Bonchev–Trinajstić information content (AvgIpc) is 2.75. The van der Waals surface area contributed by atoms with Crippen molar-refractivity contribution < 1.29 is 4.74 Å². The summed E-state index contributed by atoms with van der Waals surface area (Å²) in [6.07, 6.45) is 9.47. The van der Waals surface area contributed by atoms with Gasteiger partial charge in [-0.1, -0.05) is 0 Å². The molecule has 20 heavy (non-hydrogen) atoms. The van der Waals surface area contributed by atoms with Gasteiger partial charge in [-0.15, -0.1) is 0 Å². The van der Waals surface area contributed by atoms with Crippen molar-refractivity contribution in [2.75, 3.05) is 31.2 Å². The quantitative estimate of drug-likeness (QED) is 0.828. The van der Waals surface area contributed by atoms with Gasteiger partial charge in [0, 0.05) is 43.3 Å². The summed E-state index contributed by atoms with van der Waals surface area (Å²) in [7, 11) is 0. The van der Waals surface area contributed by atoms with Crippen LogP contribution in [0.15, 0.2) is 37.2 Å². The maximum absolute atomic E-state index is 5.70. The van der Waals surface area contributed by atoms with E-state index < -0.39 is 0 Å². The van der Waals surface area contributed by atoms with E-state index in [-0.39, 0.29) is 0 Å². The molecule has 1 aliphatic heterocycles. The fraction of sp³-hybridized carbons (Fsp3) is 0.429. The van der Waals surface area contributed by atoms with Gasteiger partial charge in [-0.25, -0.2) is 15.0 Å². The summed E-state index contributed by atoms with van der Waals surface area (Å²) >= 11 is 0. The molecule has 6 nitrogen and oxygen atoms in total. The highest BCUT2D eigenvalue weighted by Crippen LogP contribution is 2.16. The van der Waals surface area contributed by atoms with Gasteiger partial charge in [0.05, 0.1) is 19.4 Å². The van der Waals surface area contributed by atoms with Crippen LogP contribution in [0, 0.1) is 5.92 Å². The first-order valence-corrected chi connectivity index (χ1v) is 6.75. The second-order valence-electron chi connectivity index (χ2n) is 4.86. The maximum atomic E-state index is 5.70. The van der Waals surface area contributed by atoms with Crippen LogP contribution in [0.2, 0.25) is 0 Å². The maximum Gasteiger partial charge on any atom is 0.147 e. The summed E-state index contributed by atoms with van der Waals surface area (Å²) < 4.78 is 5.70. The van der Waals surface area contributed by atoms with Crippen molar-refractivity contribution in [2.24, 2.45) is 5.92 Å². The molecule has 1 fully saturated rings. The first kappa shape index (κ1) is 12.9. The van der Waals surface area contributed by atoms with E-state index in [0.29, 0.717) is 5.92 Å². The van der Waals surface area contributed by atoms with E-state index in [1.807, 2.05) is 6.07 Å². The van der Waals surface area contributed by atoms with Gasteiger partial charge in [0.2, 0.25) is 0 Å². The van der Waals surface area contributed by atoms with Crippen LogP contribution in [0.1, 0.15) is 5.69 Å². The van der Waals surface area contributed by atoms with Gasteiger partial charge in [0.25, 0.3) is 0 Å². The zero-order chi connectivity index (χ0) is 13.6. The fourth-order valence-corrected chi connectivity index (χ4v) is 2.40. The molecule has 3 heterocycles. The van der Waals surface area contributed by atoms with Gasteiger partial charge in [-0.2, -0.15) is 0 Å². The summed E-state index contributed by atoms with van der Waals surface area (Å²) in [5.41, 5.74) is 1.05. The fourth-order valence-electron chi connectivity index (χ4n) is 2.40. The van der Waals surface area contributed by atoms with E-state index in [4.69, 9.17) is 4.74 Å². The molecular weight excluding hydrogens is 254 g/mol. The summed E-state index contributed by atoms with van der Waals surface area (Å²) in [6, 6.07) is 1.96. The van der Waals surface area contributed by atoms with Gasteiger partial charge in [-0.3, -0.25) is 4.98 Å². The van der Waals surface area contributed by atoms with E-state index in [2.05, 4.69) is 24.8 Å². The Bertz CT molecular complexity index is 522. The van der Waals surface area contributed by atoms with E-state index in [1.165, 1.54) is 0 Å². The van der Waals surface area contributed by atoms with Gasteiger partial charge >= 0.3 is 0 Å². The molecule has 0 bridgehead atoms.